The van der Waals surface area contributed by atoms with E-state index in [1.165, 1.54) is 5.56 Å². The third-order valence-corrected chi connectivity index (χ3v) is 4.61. The summed E-state index contributed by atoms with van der Waals surface area (Å²) in [7, 11) is 2.06. The van der Waals surface area contributed by atoms with Gasteiger partial charge in [0.15, 0.2) is 0 Å². The van der Waals surface area contributed by atoms with Crippen LogP contribution in [0.25, 0.3) is 0 Å². The standard InChI is InChI=1S/C22H22ClN3O/c1-26(15-12-17-10-13-24-14-11-17)21-8-6-20(7-9-21)25-22(27)16-18-2-4-19(23)5-3-18/h2-11,13-14H,12,15-16H2,1H3,(H,25,27). The van der Waals surface area contributed by atoms with Gasteiger partial charge in [-0.2, -0.15) is 0 Å². The van der Waals surface area contributed by atoms with E-state index in [1.807, 2.05) is 60.9 Å². The lowest BCUT2D eigenvalue weighted by Gasteiger charge is -2.19. The van der Waals surface area contributed by atoms with Gasteiger partial charge in [-0.05, 0) is 66.1 Å². The molecule has 0 saturated carbocycles. The molecule has 2 aromatic carbocycles. The van der Waals surface area contributed by atoms with Gasteiger partial charge in [0, 0.05) is 42.4 Å². The van der Waals surface area contributed by atoms with Crippen molar-refractivity contribution in [1.82, 2.24) is 4.98 Å². The zero-order valence-corrected chi connectivity index (χ0v) is 16.0. The molecule has 0 atom stereocenters. The van der Waals surface area contributed by atoms with Crippen molar-refractivity contribution in [3.63, 3.8) is 0 Å². The highest BCUT2D eigenvalue weighted by atomic mass is 35.5. The van der Waals surface area contributed by atoms with Gasteiger partial charge in [-0.15, -0.1) is 0 Å². The molecule has 1 amide bonds. The minimum Gasteiger partial charge on any atom is -0.374 e. The fraction of sp³-hybridized carbons (Fsp3) is 0.182. The Morgan fingerprint density at radius 2 is 1.63 bits per heavy atom. The first-order chi connectivity index (χ1) is 13.1. The van der Waals surface area contributed by atoms with Crippen molar-refractivity contribution in [1.29, 1.82) is 0 Å². The van der Waals surface area contributed by atoms with Crippen molar-refractivity contribution in [3.8, 4) is 0 Å². The van der Waals surface area contributed by atoms with Gasteiger partial charge < -0.3 is 10.2 Å². The zero-order valence-electron chi connectivity index (χ0n) is 15.2. The summed E-state index contributed by atoms with van der Waals surface area (Å²) in [6, 6.07) is 19.3. The quantitative estimate of drug-likeness (QED) is 0.652. The summed E-state index contributed by atoms with van der Waals surface area (Å²) in [5.41, 5.74) is 4.10. The Morgan fingerprint density at radius 3 is 2.30 bits per heavy atom. The average Bonchev–Trinajstić information content (AvgIpc) is 2.69. The molecule has 5 heteroatoms. The summed E-state index contributed by atoms with van der Waals surface area (Å²) in [6.45, 7) is 0.909. The summed E-state index contributed by atoms with van der Waals surface area (Å²) in [4.78, 5) is 18.4. The molecule has 1 heterocycles. The monoisotopic (exact) mass is 379 g/mol. The number of hydrogen-bond donors (Lipinski definition) is 1. The van der Waals surface area contributed by atoms with E-state index in [4.69, 9.17) is 11.6 Å². The van der Waals surface area contributed by atoms with Crippen molar-refractivity contribution < 1.29 is 4.79 Å². The lowest BCUT2D eigenvalue weighted by atomic mass is 10.1. The molecule has 1 N–H and O–H groups in total. The third-order valence-electron chi connectivity index (χ3n) is 4.36. The third kappa shape index (κ3) is 5.83. The van der Waals surface area contributed by atoms with Gasteiger partial charge in [-0.25, -0.2) is 0 Å². The second-order valence-corrected chi connectivity index (χ2v) is 6.86. The van der Waals surface area contributed by atoms with Crippen LogP contribution in [-0.4, -0.2) is 24.5 Å². The highest BCUT2D eigenvalue weighted by Crippen LogP contribution is 2.18. The highest BCUT2D eigenvalue weighted by Gasteiger charge is 2.06. The first-order valence-electron chi connectivity index (χ1n) is 8.84. The number of aromatic nitrogens is 1. The Balaban J connectivity index is 1.51. The molecule has 27 heavy (non-hydrogen) atoms. The van der Waals surface area contributed by atoms with E-state index in [0.29, 0.717) is 11.4 Å². The fourth-order valence-corrected chi connectivity index (χ4v) is 2.89. The van der Waals surface area contributed by atoms with Crippen LogP contribution in [0.3, 0.4) is 0 Å². The van der Waals surface area contributed by atoms with Gasteiger partial charge in [0.1, 0.15) is 0 Å². The Labute approximate surface area is 164 Å². The number of nitrogens with one attached hydrogen (secondary N) is 1. The number of amides is 1. The Hall–Kier alpha value is -2.85. The molecule has 0 aliphatic rings. The summed E-state index contributed by atoms with van der Waals surface area (Å²) in [5, 5.41) is 3.60. The molecule has 0 radical (unpaired) electrons. The second kappa shape index (κ2) is 9.19. The topological polar surface area (TPSA) is 45.2 Å². The molecule has 0 aliphatic heterocycles. The van der Waals surface area contributed by atoms with Crippen molar-refractivity contribution in [2.24, 2.45) is 0 Å². The van der Waals surface area contributed by atoms with Gasteiger partial charge in [0.25, 0.3) is 0 Å². The molecular weight excluding hydrogens is 358 g/mol. The van der Waals surface area contributed by atoms with Crippen molar-refractivity contribution >= 4 is 28.9 Å². The molecule has 0 saturated heterocycles. The van der Waals surface area contributed by atoms with Crippen LogP contribution >= 0.6 is 11.6 Å². The number of halogens is 1. The summed E-state index contributed by atoms with van der Waals surface area (Å²) in [6.07, 6.45) is 4.91. The minimum atomic E-state index is -0.0453. The summed E-state index contributed by atoms with van der Waals surface area (Å²) in [5.74, 6) is -0.0453. The summed E-state index contributed by atoms with van der Waals surface area (Å²) >= 11 is 5.87. The maximum atomic E-state index is 12.2. The van der Waals surface area contributed by atoms with Gasteiger partial charge in [-0.1, -0.05) is 23.7 Å². The summed E-state index contributed by atoms with van der Waals surface area (Å²) < 4.78 is 0. The highest BCUT2D eigenvalue weighted by molar-refractivity contribution is 6.30. The van der Waals surface area contributed by atoms with Gasteiger partial charge >= 0.3 is 0 Å². The molecule has 3 rings (SSSR count). The van der Waals surface area contributed by atoms with E-state index in [1.54, 1.807) is 12.1 Å². The van der Waals surface area contributed by atoms with Crippen LogP contribution in [0.5, 0.6) is 0 Å². The van der Waals surface area contributed by atoms with Crippen LogP contribution in [0, 0.1) is 0 Å². The number of carbonyl (C=O) groups excluding carboxylic acids is 1. The van der Waals surface area contributed by atoms with E-state index in [9.17, 15) is 4.79 Å². The maximum Gasteiger partial charge on any atom is 0.228 e. The van der Waals surface area contributed by atoms with E-state index >= 15 is 0 Å². The second-order valence-electron chi connectivity index (χ2n) is 6.43. The van der Waals surface area contributed by atoms with E-state index in [2.05, 4.69) is 22.2 Å². The molecule has 0 spiro atoms. The van der Waals surface area contributed by atoms with Gasteiger partial charge in [-0.3, -0.25) is 9.78 Å². The lowest BCUT2D eigenvalue weighted by molar-refractivity contribution is -0.115. The number of rotatable bonds is 7. The molecule has 0 fully saturated rings. The van der Waals surface area contributed by atoms with Crippen LogP contribution in [-0.2, 0) is 17.6 Å². The number of pyridine rings is 1. The fourth-order valence-electron chi connectivity index (χ4n) is 2.77. The predicted octanol–water partition coefficient (Wildman–Crippen LogP) is 4.60. The average molecular weight is 380 g/mol. The molecule has 0 aliphatic carbocycles. The predicted molar refractivity (Wildman–Crippen MR) is 111 cm³/mol. The van der Waals surface area contributed by atoms with E-state index in [-0.39, 0.29) is 5.91 Å². The zero-order chi connectivity index (χ0) is 19.1. The number of carbonyl (C=O) groups is 1. The first kappa shape index (κ1) is 18.9. The molecule has 0 bridgehead atoms. The van der Waals surface area contributed by atoms with Gasteiger partial charge in [0.05, 0.1) is 6.42 Å². The Bertz CT molecular complexity index is 864. The van der Waals surface area contributed by atoms with Crippen LogP contribution in [0.15, 0.2) is 73.1 Å². The van der Waals surface area contributed by atoms with E-state index in [0.717, 1.165) is 29.9 Å². The van der Waals surface area contributed by atoms with Crippen LogP contribution in [0.2, 0.25) is 5.02 Å². The molecule has 138 valence electrons. The largest absolute Gasteiger partial charge is 0.374 e. The number of likely N-dealkylation sites (N-methyl/N-ethyl adjacent to an activating group) is 1. The Kier molecular flexibility index (Phi) is 6.44. The maximum absolute atomic E-state index is 12.2. The van der Waals surface area contributed by atoms with Crippen LogP contribution in [0.4, 0.5) is 11.4 Å². The molecule has 4 nitrogen and oxygen atoms in total. The minimum absolute atomic E-state index is 0.0453. The van der Waals surface area contributed by atoms with E-state index < -0.39 is 0 Å². The molecule has 1 aromatic heterocycles. The normalized spacial score (nSPS) is 10.4. The van der Waals surface area contributed by atoms with Crippen LogP contribution in [0.1, 0.15) is 11.1 Å². The number of anilines is 2. The number of benzene rings is 2. The lowest BCUT2D eigenvalue weighted by Crippen LogP contribution is -2.20. The van der Waals surface area contributed by atoms with Crippen LogP contribution < -0.4 is 10.2 Å². The SMILES string of the molecule is CN(CCc1ccncc1)c1ccc(NC(=O)Cc2ccc(Cl)cc2)cc1. The van der Waals surface area contributed by atoms with Crippen molar-refractivity contribution in [2.45, 2.75) is 12.8 Å². The first-order valence-corrected chi connectivity index (χ1v) is 9.22. The van der Waals surface area contributed by atoms with Gasteiger partial charge in [0.2, 0.25) is 5.91 Å². The Morgan fingerprint density at radius 1 is 0.963 bits per heavy atom. The molecule has 3 aromatic rings. The molecule has 0 unspecified atom stereocenters. The number of nitrogens with zero attached hydrogens (tertiary/aromatic N) is 2. The van der Waals surface area contributed by atoms with Crippen molar-refractivity contribution in [3.05, 3.63) is 89.2 Å². The molecular formula is C22H22ClN3O. The smallest absolute Gasteiger partial charge is 0.228 e. The number of hydrogen-bond acceptors (Lipinski definition) is 3. The van der Waals surface area contributed by atoms with Crippen molar-refractivity contribution in [2.75, 3.05) is 23.8 Å².